The quantitative estimate of drug-likeness (QED) is 0.716. The second-order valence-electron chi connectivity index (χ2n) is 4.12. The van der Waals surface area contributed by atoms with Crippen molar-refractivity contribution in [3.05, 3.63) is 54.0 Å². The van der Waals surface area contributed by atoms with E-state index in [0.717, 1.165) is 23.5 Å². The fourth-order valence-electron chi connectivity index (χ4n) is 1.85. The van der Waals surface area contributed by atoms with Gasteiger partial charge in [0.25, 0.3) is 0 Å². The van der Waals surface area contributed by atoms with E-state index in [2.05, 4.69) is 16.4 Å². The summed E-state index contributed by atoms with van der Waals surface area (Å²) in [6, 6.07) is 16.1. The highest BCUT2D eigenvalue weighted by Gasteiger charge is 1.98. The summed E-state index contributed by atoms with van der Waals surface area (Å²) < 4.78 is 6.83. The summed E-state index contributed by atoms with van der Waals surface area (Å²) in [7, 11) is 0. The summed E-state index contributed by atoms with van der Waals surface area (Å²) in [5.74, 6) is 0.905. The van der Waals surface area contributed by atoms with E-state index in [1.54, 1.807) is 11.3 Å². The Morgan fingerprint density at radius 3 is 2.89 bits per heavy atom. The van der Waals surface area contributed by atoms with Gasteiger partial charge in [-0.25, -0.2) is 4.98 Å². The summed E-state index contributed by atoms with van der Waals surface area (Å²) in [6.45, 7) is 1.42. The van der Waals surface area contributed by atoms with E-state index in [1.165, 1.54) is 4.70 Å². The van der Waals surface area contributed by atoms with Crippen LogP contribution in [0.4, 0.5) is 5.69 Å². The number of nitrogens with zero attached hydrogens (tertiary/aromatic N) is 1. The largest absolute Gasteiger partial charge is 0.492 e. The molecule has 1 N–H and O–H groups in total. The Hall–Kier alpha value is -2.07. The predicted octanol–water partition coefficient (Wildman–Crippen LogP) is 3.79. The highest BCUT2D eigenvalue weighted by molar-refractivity contribution is 7.16. The van der Waals surface area contributed by atoms with E-state index in [1.807, 2.05) is 48.0 Å². The number of fused-ring (bicyclic) bond motifs is 1. The Kier molecular flexibility index (Phi) is 3.61. The number of ether oxygens (including phenoxy) is 1. The van der Waals surface area contributed by atoms with E-state index in [0.29, 0.717) is 6.61 Å². The zero-order chi connectivity index (χ0) is 12.9. The van der Waals surface area contributed by atoms with Crippen LogP contribution in [0, 0.1) is 0 Å². The van der Waals surface area contributed by atoms with Crippen molar-refractivity contribution in [1.82, 2.24) is 4.98 Å². The molecule has 0 aliphatic rings. The molecule has 0 atom stereocenters. The normalized spacial score (nSPS) is 10.5. The fraction of sp³-hybridized carbons (Fsp3) is 0.133. The van der Waals surface area contributed by atoms with Crippen molar-refractivity contribution in [2.75, 3.05) is 18.5 Å². The van der Waals surface area contributed by atoms with Crippen LogP contribution in [0.3, 0.4) is 0 Å². The summed E-state index contributed by atoms with van der Waals surface area (Å²) >= 11 is 1.66. The molecule has 0 amide bonds. The molecular formula is C15H14N2OS. The van der Waals surface area contributed by atoms with Crippen LogP contribution >= 0.6 is 11.3 Å². The molecule has 0 saturated carbocycles. The third kappa shape index (κ3) is 3.03. The topological polar surface area (TPSA) is 34.1 Å². The van der Waals surface area contributed by atoms with Gasteiger partial charge in [0.2, 0.25) is 0 Å². The van der Waals surface area contributed by atoms with Crippen LogP contribution in [0.1, 0.15) is 0 Å². The molecule has 0 unspecified atom stereocenters. The molecule has 0 spiro atoms. The van der Waals surface area contributed by atoms with E-state index < -0.39 is 0 Å². The Morgan fingerprint density at radius 2 is 2.00 bits per heavy atom. The first-order valence-electron chi connectivity index (χ1n) is 6.17. The Morgan fingerprint density at radius 1 is 1.11 bits per heavy atom. The molecule has 0 aliphatic heterocycles. The summed E-state index contributed by atoms with van der Waals surface area (Å²) in [5, 5.41) is 3.35. The van der Waals surface area contributed by atoms with Crippen LogP contribution in [-0.4, -0.2) is 18.1 Å². The first-order chi connectivity index (χ1) is 9.42. The molecule has 0 aliphatic carbocycles. The van der Waals surface area contributed by atoms with Gasteiger partial charge in [-0.1, -0.05) is 18.2 Å². The smallest absolute Gasteiger partial charge is 0.119 e. The SMILES string of the molecule is c1ccc(OCCNc2ccc3ncsc3c2)cc1. The minimum atomic E-state index is 0.644. The first kappa shape index (κ1) is 12.0. The second-order valence-corrected chi connectivity index (χ2v) is 5.01. The number of aromatic nitrogens is 1. The lowest BCUT2D eigenvalue weighted by molar-refractivity contribution is 0.333. The monoisotopic (exact) mass is 270 g/mol. The van der Waals surface area contributed by atoms with E-state index in [-0.39, 0.29) is 0 Å². The van der Waals surface area contributed by atoms with Gasteiger partial charge in [-0.3, -0.25) is 0 Å². The van der Waals surface area contributed by atoms with E-state index in [9.17, 15) is 0 Å². The fourth-order valence-corrected chi connectivity index (χ4v) is 2.56. The van der Waals surface area contributed by atoms with Gasteiger partial charge in [-0.05, 0) is 30.3 Å². The number of para-hydroxylation sites is 1. The van der Waals surface area contributed by atoms with Gasteiger partial charge < -0.3 is 10.1 Å². The van der Waals surface area contributed by atoms with Gasteiger partial charge in [0, 0.05) is 12.2 Å². The van der Waals surface area contributed by atoms with E-state index >= 15 is 0 Å². The van der Waals surface area contributed by atoms with Crippen molar-refractivity contribution in [3.63, 3.8) is 0 Å². The molecule has 3 rings (SSSR count). The molecular weight excluding hydrogens is 256 g/mol. The Bertz CT molecular complexity index is 651. The van der Waals surface area contributed by atoms with Gasteiger partial charge in [-0.2, -0.15) is 0 Å². The average Bonchev–Trinajstić information content (AvgIpc) is 2.92. The van der Waals surface area contributed by atoms with Crippen LogP contribution in [0.25, 0.3) is 10.2 Å². The van der Waals surface area contributed by atoms with Crippen molar-refractivity contribution < 1.29 is 4.74 Å². The summed E-state index contributed by atoms with van der Waals surface area (Å²) in [6.07, 6.45) is 0. The zero-order valence-corrected chi connectivity index (χ0v) is 11.2. The lowest BCUT2D eigenvalue weighted by Gasteiger charge is -2.08. The number of hydrogen-bond donors (Lipinski definition) is 1. The minimum Gasteiger partial charge on any atom is -0.492 e. The van der Waals surface area contributed by atoms with Gasteiger partial charge in [0.1, 0.15) is 12.4 Å². The maximum Gasteiger partial charge on any atom is 0.119 e. The van der Waals surface area contributed by atoms with Crippen molar-refractivity contribution in [2.24, 2.45) is 0 Å². The summed E-state index contributed by atoms with van der Waals surface area (Å²) in [5.41, 5.74) is 4.02. The molecule has 3 aromatic rings. The lowest BCUT2D eigenvalue weighted by atomic mass is 10.3. The lowest BCUT2D eigenvalue weighted by Crippen LogP contribution is -2.11. The van der Waals surface area contributed by atoms with Crippen molar-refractivity contribution in [3.8, 4) is 5.75 Å². The molecule has 4 heteroatoms. The molecule has 0 radical (unpaired) electrons. The molecule has 1 heterocycles. The molecule has 3 nitrogen and oxygen atoms in total. The van der Waals surface area contributed by atoms with Crippen molar-refractivity contribution in [1.29, 1.82) is 0 Å². The van der Waals surface area contributed by atoms with Gasteiger partial charge in [-0.15, -0.1) is 11.3 Å². The van der Waals surface area contributed by atoms with Crippen LogP contribution in [-0.2, 0) is 0 Å². The maximum atomic E-state index is 5.63. The standard InChI is InChI=1S/C15H14N2OS/c1-2-4-13(5-3-1)18-9-8-16-12-6-7-14-15(10-12)19-11-17-14/h1-7,10-11,16H,8-9H2. The Balaban J connectivity index is 1.52. The molecule has 0 fully saturated rings. The van der Waals surface area contributed by atoms with Gasteiger partial charge in [0.15, 0.2) is 0 Å². The number of thiazole rings is 1. The van der Waals surface area contributed by atoms with Crippen LogP contribution in [0.5, 0.6) is 5.75 Å². The zero-order valence-electron chi connectivity index (χ0n) is 10.4. The average molecular weight is 270 g/mol. The molecule has 96 valence electrons. The predicted molar refractivity (Wildman–Crippen MR) is 80.0 cm³/mol. The van der Waals surface area contributed by atoms with Crippen LogP contribution in [0.15, 0.2) is 54.0 Å². The Labute approximate surface area is 115 Å². The highest BCUT2D eigenvalue weighted by atomic mass is 32.1. The number of anilines is 1. The first-order valence-corrected chi connectivity index (χ1v) is 7.05. The number of rotatable bonds is 5. The third-order valence-corrected chi connectivity index (χ3v) is 3.57. The molecule has 0 saturated heterocycles. The highest BCUT2D eigenvalue weighted by Crippen LogP contribution is 2.21. The molecule has 1 aromatic heterocycles. The summed E-state index contributed by atoms with van der Waals surface area (Å²) in [4.78, 5) is 4.26. The second kappa shape index (κ2) is 5.71. The van der Waals surface area contributed by atoms with Gasteiger partial charge >= 0.3 is 0 Å². The third-order valence-electron chi connectivity index (χ3n) is 2.77. The number of benzene rings is 2. The van der Waals surface area contributed by atoms with Crippen molar-refractivity contribution in [2.45, 2.75) is 0 Å². The minimum absolute atomic E-state index is 0.644. The molecule has 19 heavy (non-hydrogen) atoms. The number of hydrogen-bond acceptors (Lipinski definition) is 4. The molecule has 2 aromatic carbocycles. The van der Waals surface area contributed by atoms with Gasteiger partial charge in [0.05, 0.1) is 15.7 Å². The molecule has 0 bridgehead atoms. The van der Waals surface area contributed by atoms with E-state index in [4.69, 9.17) is 4.74 Å². The van der Waals surface area contributed by atoms with Crippen LogP contribution in [0.2, 0.25) is 0 Å². The maximum absolute atomic E-state index is 5.63. The van der Waals surface area contributed by atoms with Crippen LogP contribution < -0.4 is 10.1 Å². The number of nitrogens with one attached hydrogen (secondary N) is 1. The van der Waals surface area contributed by atoms with Crippen molar-refractivity contribution >= 4 is 27.2 Å².